The first kappa shape index (κ1) is 70.2. The van der Waals surface area contributed by atoms with E-state index in [-0.39, 0.29) is 0 Å². The molecule has 0 bridgehead atoms. The number of benzene rings is 21. The van der Waals surface area contributed by atoms with E-state index in [1.807, 2.05) is 36.4 Å². The van der Waals surface area contributed by atoms with Crippen LogP contribution in [0.25, 0.3) is 286 Å². The van der Waals surface area contributed by atoms with E-state index in [0.717, 1.165) is 105 Å². The molecular weight excluding hydrogens is 1570 g/mol. The number of para-hydroxylation sites is 7. The maximum absolute atomic E-state index is 6.42. The number of hydrogen-bond donors (Lipinski definition) is 0. The van der Waals surface area contributed by atoms with Gasteiger partial charge in [-0.1, -0.05) is 309 Å². The molecule has 7 nitrogen and oxygen atoms in total. The van der Waals surface area contributed by atoms with Gasteiger partial charge in [-0.2, -0.15) is 0 Å². The maximum atomic E-state index is 6.42. The lowest BCUT2D eigenvalue weighted by Crippen LogP contribution is -1.95. The second kappa shape index (κ2) is 26.6. The number of aromatic nitrogens is 4. The third-order valence-corrected chi connectivity index (χ3v) is 28.1. The molecule has 0 N–H and O–H groups in total. The molecule has 29 aromatic rings. The molecule has 8 heterocycles. The third-order valence-electron chi connectivity index (χ3n) is 28.1. The van der Waals surface area contributed by atoms with Gasteiger partial charge in [0.15, 0.2) is 0 Å². The molecule has 0 unspecified atom stereocenters. The van der Waals surface area contributed by atoms with Gasteiger partial charge in [-0.05, 0) is 209 Å². The van der Waals surface area contributed by atoms with Crippen molar-refractivity contribution in [3.8, 4) is 95.0 Å². The predicted octanol–water partition coefficient (Wildman–Crippen LogP) is 33.8. The van der Waals surface area contributed by atoms with Crippen LogP contribution in [0.15, 0.2) is 438 Å². The van der Waals surface area contributed by atoms with Crippen LogP contribution < -0.4 is 0 Å². The van der Waals surface area contributed by atoms with Gasteiger partial charge in [-0.25, -0.2) is 0 Å². The Morgan fingerprint density at radius 3 is 1.09 bits per heavy atom. The Kier molecular flexibility index (Phi) is 14.5. The highest BCUT2D eigenvalue weighted by atomic mass is 16.3. The lowest BCUT2D eigenvalue weighted by molar-refractivity contribution is 0.669. The van der Waals surface area contributed by atoms with Crippen LogP contribution in [0.5, 0.6) is 0 Å². The van der Waals surface area contributed by atoms with E-state index in [1.54, 1.807) is 0 Å². The molecule has 0 saturated heterocycles. The van der Waals surface area contributed by atoms with Crippen LogP contribution in [-0.4, -0.2) is 18.1 Å². The van der Waals surface area contributed by atoms with Gasteiger partial charge in [0.2, 0.25) is 0 Å². The highest BCUT2D eigenvalue weighted by Gasteiger charge is 2.30. The first-order valence-electron chi connectivity index (χ1n) is 44.3. The highest BCUT2D eigenvalue weighted by Crippen LogP contribution is 2.54. The summed E-state index contributed by atoms with van der Waals surface area (Å²) in [7, 11) is 0. The second-order valence-corrected chi connectivity index (χ2v) is 34.7. The van der Waals surface area contributed by atoms with Gasteiger partial charge in [0, 0.05) is 109 Å². The fourth-order valence-corrected chi connectivity index (χ4v) is 22.7. The highest BCUT2D eigenvalue weighted by molar-refractivity contribution is 6.35. The van der Waals surface area contributed by atoms with Crippen LogP contribution in [-0.2, 0) is 0 Å². The maximum Gasteiger partial charge on any atom is 0.143 e. The van der Waals surface area contributed by atoms with Crippen LogP contribution in [0.1, 0.15) is 0 Å². The average molecular weight is 1640 g/mol. The minimum Gasteiger partial charge on any atom is -0.456 e. The van der Waals surface area contributed by atoms with Crippen molar-refractivity contribution in [2.24, 2.45) is 0 Å². The molecule has 7 heteroatoms. The smallest absolute Gasteiger partial charge is 0.143 e. The van der Waals surface area contributed by atoms with Gasteiger partial charge in [0.1, 0.15) is 33.5 Å². The summed E-state index contributed by atoms with van der Waals surface area (Å²) in [6.45, 7) is 0. The van der Waals surface area contributed by atoms with Gasteiger partial charge in [0.25, 0.3) is 0 Å². The third kappa shape index (κ3) is 9.90. The topological polar surface area (TPSA) is 58.6 Å². The standard InChI is InChI=1S/C42H24N2O.2C40H23NO/c1-4-12-34-28(8-1)31-11-7-14-36-40(31)41-37(22-21-32-29-9-2-5-13-35(29)44(34)42(32)41)43(36)27-19-16-25(17-20-27)26-18-23-39-33(24-26)30-10-3-6-15-38(30)45-39;1-2-13-29-28(12-1)31-16-6-9-24-21-22-35-39(37(24)31)38-32(29)17-8-19-34(38)41(35)26-11-5-10-25(23-26)27-15-7-18-33-30-14-3-4-20-36(30)42-40(27)33;1-2-10-29-28(9-1)31-13-5-8-25-20-23-35-39(37(25)31)38-32(29)14-7-16-34(38)41(35)26-21-18-24(19-22-26)27-12-6-15-33-30-11-3-4-17-36(30)42-40(27)33/h1-24H;2*1-23H. The van der Waals surface area contributed by atoms with E-state index in [0.29, 0.717) is 0 Å². The van der Waals surface area contributed by atoms with E-state index in [2.05, 4.69) is 406 Å². The summed E-state index contributed by atoms with van der Waals surface area (Å²) >= 11 is 0. The van der Waals surface area contributed by atoms with Crippen LogP contribution in [0, 0.1) is 0 Å². The normalized spacial score (nSPS) is 12.3. The van der Waals surface area contributed by atoms with Crippen LogP contribution in [0.2, 0.25) is 0 Å². The van der Waals surface area contributed by atoms with E-state index in [4.69, 9.17) is 13.3 Å². The lowest BCUT2D eigenvalue weighted by atomic mass is 9.93. The Morgan fingerprint density at radius 2 is 0.519 bits per heavy atom. The van der Waals surface area contributed by atoms with Gasteiger partial charge < -0.3 is 31.4 Å². The summed E-state index contributed by atoms with van der Waals surface area (Å²) in [5, 5.41) is 25.2. The summed E-state index contributed by atoms with van der Waals surface area (Å²) in [4.78, 5) is 0. The van der Waals surface area contributed by atoms with Crippen molar-refractivity contribution in [2.75, 3.05) is 0 Å². The SMILES string of the molecule is c1cc(-c2cccc3c2oc2ccccc23)cc(-n2c3cccc4c3c3c5c(cccc5ccc32)-c2ccccc2-4)c1.c1ccc2c(c1)-c1cccc3ccc4c(c13)c1c-2cccc1n4-c1ccc(-c2cccc3c2oc2ccccc23)cc1.c1ccc2c(c1)oc1ccc(-c3ccc(-n4c5cccc6c7ccccc7n7c8ccccc8c8ccc4c(c65)c87)cc3)cc12. The molecule has 2 aliphatic rings. The molecule has 31 rings (SSSR count). The molecule has 0 radical (unpaired) electrons. The number of fused-ring (bicyclic) bond motifs is 21. The Labute approximate surface area is 736 Å². The zero-order valence-corrected chi connectivity index (χ0v) is 69.4. The largest absolute Gasteiger partial charge is 0.456 e. The first-order valence-corrected chi connectivity index (χ1v) is 44.3. The monoisotopic (exact) mass is 1640 g/mol. The van der Waals surface area contributed by atoms with Gasteiger partial charge in [0.05, 0.1) is 49.7 Å². The van der Waals surface area contributed by atoms with Crippen molar-refractivity contribution < 1.29 is 13.3 Å². The van der Waals surface area contributed by atoms with Gasteiger partial charge in [-0.3, -0.25) is 0 Å². The molecule has 0 saturated carbocycles. The average Bonchev–Trinajstić information content (AvgIpc) is 1.53. The van der Waals surface area contributed by atoms with E-state index >= 15 is 0 Å². The summed E-state index contributed by atoms with van der Waals surface area (Å²) in [5.41, 5.74) is 37.4. The molecule has 0 aliphatic heterocycles. The molecule has 8 aromatic heterocycles. The van der Waals surface area contributed by atoms with E-state index in [1.165, 1.54) is 181 Å². The van der Waals surface area contributed by atoms with Crippen molar-refractivity contribution in [3.63, 3.8) is 0 Å². The number of nitrogens with zero attached hydrogens (tertiary/aromatic N) is 4. The summed E-state index contributed by atoms with van der Waals surface area (Å²) < 4.78 is 28.7. The number of hydrogen-bond acceptors (Lipinski definition) is 3. The minimum absolute atomic E-state index is 0.920. The Bertz CT molecular complexity index is 9910. The zero-order valence-electron chi connectivity index (χ0n) is 69.4. The fourth-order valence-electron chi connectivity index (χ4n) is 22.7. The first-order chi connectivity index (χ1) is 64.0. The van der Waals surface area contributed by atoms with Crippen molar-refractivity contribution in [3.05, 3.63) is 425 Å². The minimum atomic E-state index is 0.920. The molecule has 21 aromatic carbocycles. The zero-order chi connectivity index (χ0) is 84.0. The number of rotatable bonds is 6. The predicted molar refractivity (Wildman–Crippen MR) is 539 cm³/mol. The molecule has 0 spiro atoms. The fraction of sp³-hybridized carbons (Fsp3) is 0. The Morgan fingerprint density at radius 1 is 0.155 bits per heavy atom. The van der Waals surface area contributed by atoms with Gasteiger partial charge >= 0.3 is 0 Å². The van der Waals surface area contributed by atoms with Crippen molar-refractivity contribution >= 4 is 191 Å². The number of furan rings is 3. The molecule has 129 heavy (non-hydrogen) atoms. The van der Waals surface area contributed by atoms with Crippen LogP contribution in [0.3, 0.4) is 0 Å². The molecule has 0 amide bonds. The lowest BCUT2D eigenvalue weighted by Gasteiger charge is -2.14. The quantitative estimate of drug-likeness (QED) is 0.167. The molecule has 596 valence electrons. The van der Waals surface area contributed by atoms with E-state index in [9.17, 15) is 0 Å². The van der Waals surface area contributed by atoms with Crippen molar-refractivity contribution in [1.29, 1.82) is 0 Å². The molecule has 0 fully saturated rings. The van der Waals surface area contributed by atoms with Crippen molar-refractivity contribution in [1.82, 2.24) is 18.1 Å². The molecular formula is C122H70N4O3. The Hall–Kier alpha value is -17.3. The Balaban J connectivity index is 0.0000000956. The summed E-state index contributed by atoms with van der Waals surface area (Å²) in [6.07, 6.45) is 0. The van der Waals surface area contributed by atoms with Crippen LogP contribution in [0.4, 0.5) is 0 Å². The van der Waals surface area contributed by atoms with E-state index < -0.39 is 0 Å². The summed E-state index contributed by atoms with van der Waals surface area (Å²) in [5.74, 6) is 0. The van der Waals surface area contributed by atoms with Gasteiger partial charge in [-0.15, -0.1) is 0 Å². The molecule has 2 aliphatic carbocycles. The summed E-state index contributed by atoms with van der Waals surface area (Å²) in [6, 6.07) is 154. The second-order valence-electron chi connectivity index (χ2n) is 34.7. The van der Waals surface area contributed by atoms with Crippen LogP contribution >= 0.6 is 0 Å². The van der Waals surface area contributed by atoms with Crippen molar-refractivity contribution in [2.45, 2.75) is 0 Å². The molecule has 0 atom stereocenters.